The van der Waals surface area contributed by atoms with E-state index in [2.05, 4.69) is 19.9 Å². The van der Waals surface area contributed by atoms with Gasteiger partial charge in [-0.05, 0) is 12.5 Å². The summed E-state index contributed by atoms with van der Waals surface area (Å²) in [6.45, 7) is 0.883. The maximum Gasteiger partial charge on any atom is 0.470 e. The van der Waals surface area contributed by atoms with Crippen molar-refractivity contribution in [2.75, 3.05) is 24.7 Å². The molecule has 0 spiro atoms. The summed E-state index contributed by atoms with van der Waals surface area (Å²) in [5.41, 5.74) is 7.63. The Morgan fingerprint density at radius 2 is 1.91 bits per heavy atom. The van der Waals surface area contributed by atoms with Gasteiger partial charge < -0.3 is 55.1 Å². The molecule has 2 saturated heterocycles. The Labute approximate surface area is 247 Å². The van der Waals surface area contributed by atoms with E-state index in [4.69, 9.17) is 34.7 Å². The molecule has 0 bridgehead atoms. The molecule has 9 unspecified atom stereocenters. The fourth-order valence-electron chi connectivity index (χ4n) is 5.25. The highest BCUT2D eigenvalue weighted by molar-refractivity contribution is 7.46. The van der Waals surface area contributed by atoms with Gasteiger partial charge in [-0.25, -0.2) is 14.3 Å². The summed E-state index contributed by atoms with van der Waals surface area (Å²) in [7, 11) is -6.23. The fourth-order valence-corrected chi connectivity index (χ4v) is 6.26. The van der Waals surface area contributed by atoms with Gasteiger partial charge in [0, 0.05) is 6.20 Å². The maximum absolute atomic E-state index is 12.5. The minimum absolute atomic E-state index is 0.0217. The average Bonchev–Trinajstić information content (AvgIpc) is 3.57. The summed E-state index contributed by atoms with van der Waals surface area (Å²) in [4.78, 5) is 67.1. The largest absolute Gasteiger partial charge is 0.470 e. The van der Waals surface area contributed by atoms with Crippen molar-refractivity contribution in [1.29, 1.82) is 0 Å². The van der Waals surface area contributed by atoms with E-state index < -0.39 is 83.3 Å². The number of ether oxygens (including phenoxy) is 3. The van der Waals surface area contributed by atoms with Crippen LogP contribution >= 0.6 is 16.9 Å². The van der Waals surface area contributed by atoms with Crippen LogP contribution in [0.25, 0.3) is 11.2 Å². The molecule has 3 aromatic rings. The van der Waals surface area contributed by atoms with Crippen molar-refractivity contribution in [3.63, 3.8) is 0 Å². The third-order valence-corrected chi connectivity index (χ3v) is 8.15. The minimum atomic E-state index is -5.17. The summed E-state index contributed by atoms with van der Waals surface area (Å²) in [6, 6.07) is 1.34. The summed E-state index contributed by atoms with van der Waals surface area (Å²) >= 11 is 0. The molecular weight excluding hydrogens is 634 g/mol. The maximum atomic E-state index is 12.5. The number of hydrogen-bond acceptors (Lipinski definition) is 16. The molecule has 5 heterocycles. The van der Waals surface area contributed by atoms with E-state index in [0.717, 1.165) is 15.5 Å². The van der Waals surface area contributed by atoms with E-state index in [1.54, 1.807) is 6.92 Å². The number of phosphoric acid groups is 1. The third kappa shape index (κ3) is 6.14. The van der Waals surface area contributed by atoms with Crippen molar-refractivity contribution in [2.45, 2.75) is 61.9 Å². The Balaban J connectivity index is 1.35. The predicted molar refractivity (Wildman–Crippen MR) is 148 cm³/mol. The molecule has 44 heavy (non-hydrogen) atoms. The Morgan fingerprint density at radius 1 is 1.18 bits per heavy atom. The smallest absolute Gasteiger partial charge is 0.387 e. The van der Waals surface area contributed by atoms with Gasteiger partial charge in [0.25, 0.3) is 5.56 Å². The topological polar surface area (TPSA) is 315 Å². The number of aromatic amines is 1. The second-order valence-electron chi connectivity index (χ2n) is 9.97. The van der Waals surface area contributed by atoms with Crippen LogP contribution < -0.4 is 22.7 Å². The molecule has 9 atom stereocenters. The van der Waals surface area contributed by atoms with E-state index in [1.807, 2.05) is 0 Å². The van der Waals surface area contributed by atoms with Crippen LogP contribution in [0.5, 0.6) is 0 Å². The number of nitrogens with two attached hydrogens (primary N) is 2. The number of aliphatic hydroxyl groups excluding tert-OH is 1. The number of anilines is 2. The number of hydrogen-bond donors (Lipinski definition) is 8. The van der Waals surface area contributed by atoms with Crippen LogP contribution in [0.15, 0.2) is 28.2 Å². The molecule has 10 N–H and O–H groups in total. The van der Waals surface area contributed by atoms with Crippen LogP contribution in [0, 0.1) is 0 Å². The lowest BCUT2D eigenvalue weighted by Gasteiger charge is -2.32. The first kappa shape index (κ1) is 32.5. The van der Waals surface area contributed by atoms with E-state index in [-0.39, 0.29) is 36.0 Å². The molecule has 5 rings (SSSR count). The summed E-state index contributed by atoms with van der Waals surface area (Å²) in [6.07, 6.45) is -7.22. The molecule has 3 aromatic heterocycles. The number of nitrogen functional groups attached to an aromatic ring is 2. The zero-order chi connectivity index (χ0) is 32.0. The van der Waals surface area contributed by atoms with Gasteiger partial charge in [-0.15, -0.1) is 0 Å². The first-order chi connectivity index (χ1) is 20.8. The number of rotatable bonds is 11. The molecule has 2 aliphatic heterocycles. The Hall–Kier alpha value is -2.91. The number of nitrogens with one attached hydrogen (secondary N) is 1. The van der Waals surface area contributed by atoms with Gasteiger partial charge in [-0.3, -0.25) is 23.4 Å². The van der Waals surface area contributed by atoms with Crippen LogP contribution in [0.4, 0.5) is 11.8 Å². The number of imidazole rings is 1. The normalized spacial score (nSPS) is 31.1. The van der Waals surface area contributed by atoms with Crippen molar-refractivity contribution in [3.05, 3.63) is 39.4 Å². The second-order valence-corrected chi connectivity index (χ2v) is 11.6. The molecule has 2 aliphatic rings. The van der Waals surface area contributed by atoms with Crippen molar-refractivity contribution in [3.8, 4) is 0 Å². The number of aromatic nitrogens is 6. The van der Waals surface area contributed by atoms with Crippen molar-refractivity contribution >= 4 is 39.8 Å². The minimum Gasteiger partial charge on any atom is -0.387 e. The van der Waals surface area contributed by atoms with Crippen LogP contribution in [0.1, 0.15) is 25.8 Å². The molecule has 0 aliphatic carbocycles. The predicted octanol–water partition coefficient (Wildman–Crippen LogP) is -2.78. The standard InChI is InChI=1S/C21H30N8O13P2/c1-2-21(33)14(41-43-34)9(40-18(21)28-4-3-10(22)25-20(28)32)6-38-5-8-12(30)13(42-44(35,36)37)17(39-8)29-7-24-11-15(29)26-19(23)27-16(11)31/h3-4,7-9,12-14,17-18,30,33-34,43H,2,5-6H2,1H3,(H2,22,25,32)(H2,35,36,37)(H3,23,26,27,31). The van der Waals surface area contributed by atoms with Crippen LogP contribution in [-0.4, -0.2) is 103 Å². The van der Waals surface area contributed by atoms with Crippen molar-refractivity contribution in [1.82, 2.24) is 29.1 Å². The van der Waals surface area contributed by atoms with Gasteiger partial charge in [0.1, 0.15) is 41.9 Å². The zero-order valence-electron chi connectivity index (χ0n) is 22.7. The molecule has 23 heteroatoms. The Bertz CT molecular complexity index is 1660. The monoisotopic (exact) mass is 664 g/mol. The van der Waals surface area contributed by atoms with Gasteiger partial charge in [0.05, 0.1) is 19.5 Å². The lowest BCUT2D eigenvalue weighted by molar-refractivity contribution is -0.114. The number of fused-ring (bicyclic) bond motifs is 1. The molecule has 0 amide bonds. The average molecular weight is 664 g/mol. The van der Waals surface area contributed by atoms with E-state index in [9.17, 15) is 39.0 Å². The second kappa shape index (κ2) is 12.5. The summed E-state index contributed by atoms with van der Waals surface area (Å²) < 4.78 is 41.6. The number of nitrogens with zero attached hydrogens (tertiary/aromatic N) is 5. The molecule has 0 aromatic carbocycles. The molecule has 21 nitrogen and oxygen atoms in total. The van der Waals surface area contributed by atoms with E-state index >= 15 is 0 Å². The third-order valence-electron chi connectivity index (χ3n) is 7.27. The van der Waals surface area contributed by atoms with Gasteiger partial charge in [-0.1, -0.05) is 6.92 Å². The lowest BCUT2D eigenvalue weighted by atomic mass is 9.91. The first-order valence-electron chi connectivity index (χ1n) is 12.9. The first-order valence-corrected chi connectivity index (χ1v) is 15.3. The van der Waals surface area contributed by atoms with Crippen molar-refractivity contribution < 1.29 is 52.7 Å². The Kier molecular flexibility index (Phi) is 9.21. The van der Waals surface area contributed by atoms with E-state index in [0.29, 0.717) is 0 Å². The van der Waals surface area contributed by atoms with Crippen LogP contribution in [-0.2, 0) is 27.8 Å². The highest BCUT2D eigenvalue weighted by Gasteiger charge is 2.57. The molecule has 0 radical (unpaired) electrons. The highest BCUT2D eigenvalue weighted by atomic mass is 31.2. The highest BCUT2D eigenvalue weighted by Crippen LogP contribution is 2.46. The number of H-pyrrole nitrogens is 1. The Morgan fingerprint density at radius 3 is 2.57 bits per heavy atom. The fraction of sp³-hybridized carbons (Fsp3) is 0.571. The van der Waals surface area contributed by atoms with Gasteiger partial charge in [-0.2, -0.15) is 9.97 Å². The molecule has 2 fully saturated rings. The lowest BCUT2D eigenvalue weighted by Crippen LogP contribution is -2.49. The van der Waals surface area contributed by atoms with E-state index in [1.165, 1.54) is 12.3 Å². The van der Waals surface area contributed by atoms with Crippen LogP contribution in [0.2, 0.25) is 0 Å². The number of phosphoric ester groups is 1. The van der Waals surface area contributed by atoms with Crippen LogP contribution in [0.3, 0.4) is 0 Å². The van der Waals surface area contributed by atoms with Gasteiger partial charge in [0.2, 0.25) is 5.95 Å². The summed E-state index contributed by atoms with van der Waals surface area (Å²) in [5, 5.41) is 22.4. The molecule has 242 valence electrons. The van der Waals surface area contributed by atoms with Gasteiger partial charge in [0.15, 0.2) is 32.7 Å². The number of aliphatic hydroxyl groups is 2. The summed E-state index contributed by atoms with van der Waals surface area (Å²) in [5.74, 6) is -0.313. The quantitative estimate of drug-likeness (QED) is 0.0961. The SMILES string of the molecule is CCC1(O)C(OPO)C(COCC2OC(n3cnc4c(=O)[nH]c(N)nc43)C(OP(=O)(O)O)C2O)OC1n1ccc(N)nc1=O. The molecular formula is C21H30N8O13P2. The molecule has 0 saturated carbocycles. The zero-order valence-corrected chi connectivity index (χ0v) is 24.6. The van der Waals surface area contributed by atoms with Gasteiger partial charge >= 0.3 is 13.5 Å². The van der Waals surface area contributed by atoms with Crippen molar-refractivity contribution in [2.24, 2.45) is 0 Å².